The van der Waals surface area contributed by atoms with Crippen molar-refractivity contribution in [2.24, 2.45) is 0 Å². The summed E-state index contributed by atoms with van der Waals surface area (Å²) in [5.41, 5.74) is 4.90. The van der Waals surface area contributed by atoms with Crippen molar-refractivity contribution in [3.05, 3.63) is 65.2 Å². The van der Waals surface area contributed by atoms with Crippen molar-refractivity contribution in [3.8, 4) is 0 Å². The lowest BCUT2D eigenvalue weighted by Crippen LogP contribution is -2.36. The molecule has 0 aliphatic heterocycles. The van der Waals surface area contributed by atoms with Crippen LogP contribution in [0, 0.1) is 13.8 Å². The number of nitrogens with one attached hydrogen (secondary N) is 2. The van der Waals surface area contributed by atoms with Gasteiger partial charge in [-0.15, -0.1) is 0 Å². The molecule has 116 valence electrons. The average Bonchev–Trinajstić information content (AvgIpc) is 2.49. The minimum Gasteiger partial charge on any atom is -0.360 e. The number of benzene rings is 2. The van der Waals surface area contributed by atoms with Crippen LogP contribution in [0.1, 0.15) is 30.0 Å². The minimum atomic E-state index is 0.339. The van der Waals surface area contributed by atoms with Crippen LogP contribution in [-0.2, 0) is 6.42 Å². The number of aryl methyl sites for hydroxylation is 3. The minimum absolute atomic E-state index is 0.339. The van der Waals surface area contributed by atoms with Gasteiger partial charge in [0.2, 0.25) is 0 Å². The van der Waals surface area contributed by atoms with Crippen molar-refractivity contribution in [2.45, 2.75) is 39.7 Å². The van der Waals surface area contributed by atoms with E-state index >= 15 is 0 Å². The fourth-order valence-corrected chi connectivity index (χ4v) is 2.75. The zero-order valence-electron chi connectivity index (χ0n) is 13.5. The van der Waals surface area contributed by atoms with Gasteiger partial charge in [0.15, 0.2) is 5.11 Å². The van der Waals surface area contributed by atoms with Crippen LogP contribution in [0.25, 0.3) is 0 Å². The van der Waals surface area contributed by atoms with Gasteiger partial charge in [0, 0.05) is 11.7 Å². The van der Waals surface area contributed by atoms with Crippen LogP contribution < -0.4 is 10.6 Å². The lowest BCUT2D eigenvalue weighted by Gasteiger charge is -2.18. The highest BCUT2D eigenvalue weighted by atomic mass is 32.1. The summed E-state index contributed by atoms with van der Waals surface area (Å²) in [4.78, 5) is 0. The quantitative estimate of drug-likeness (QED) is 0.788. The van der Waals surface area contributed by atoms with Crippen LogP contribution in [0.4, 0.5) is 5.69 Å². The van der Waals surface area contributed by atoms with Crippen LogP contribution in [0.15, 0.2) is 48.5 Å². The van der Waals surface area contributed by atoms with E-state index in [4.69, 9.17) is 12.2 Å². The summed E-state index contributed by atoms with van der Waals surface area (Å²) in [6.45, 7) is 6.36. The van der Waals surface area contributed by atoms with Gasteiger partial charge in [0.25, 0.3) is 0 Å². The third-order valence-electron chi connectivity index (χ3n) is 3.72. The Morgan fingerprint density at radius 2 is 1.82 bits per heavy atom. The SMILES string of the molecule is Cc1ccc(NC(=S)N[C@@H](C)CCc2ccccc2)c(C)c1. The maximum Gasteiger partial charge on any atom is 0.170 e. The molecule has 2 aromatic carbocycles. The molecule has 0 spiro atoms. The van der Waals surface area contributed by atoms with E-state index in [2.05, 4.69) is 73.9 Å². The van der Waals surface area contributed by atoms with E-state index in [9.17, 15) is 0 Å². The van der Waals surface area contributed by atoms with Gasteiger partial charge in [-0.05, 0) is 63.0 Å². The van der Waals surface area contributed by atoms with Gasteiger partial charge in [-0.2, -0.15) is 0 Å². The first-order valence-corrected chi connectivity index (χ1v) is 8.14. The molecule has 0 heterocycles. The standard InChI is InChI=1S/C19H24N2S/c1-14-9-12-18(15(2)13-14)21-19(22)20-16(3)10-11-17-7-5-4-6-8-17/h4-9,12-13,16H,10-11H2,1-3H3,(H2,20,21,22)/t16-/m0/s1. The van der Waals surface area contributed by atoms with Gasteiger partial charge in [-0.1, -0.05) is 48.0 Å². The lowest BCUT2D eigenvalue weighted by atomic mass is 10.1. The maximum atomic E-state index is 5.41. The summed E-state index contributed by atoms with van der Waals surface area (Å²) >= 11 is 5.41. The van der Waals surface area contributed by atoms with Crippen LogP contribution in [0.5, 0.6) is 0 Å². The number of hydrogen-bond acceptors (Lipinski definition) is 1. The second-order valence-corrected chi connectivity index (χ2v) is 6.25. The summed E-state index contributed by atoms with van der Waals surface area (Å²) in [5.74, 6) is 0. The molecule has 2 N–H and O–H groups in total. The van der Waals surface area contributed by atoms with Crippen LogP contribution in [-0.4, -0.2) is 11.2 Å². The predicted molar refractivity (Wildman–Crippen MR) is 99.5 cm³/mol. The van der Waals surface area contributed by atoms with Gasteiger partial charge >= 0.3 is 0 Å². The summed E-state index contributed by atoms with van der Waals surface area (Å²) in [7, 11) is 0. The Bertz CT molecular complexity index is 623. The third kappa shape index (κ3) is 5.15. The molecule has 0 radical (unpaired) electrons. The second-order valence-electron chi connectivity index (χ2n) is 5.84. The van der Waals surface area contributed by atoms with Crippen LogP contribution in [0.2, 0.25) is 0 Å². The molecule has 1 atom stereocenters. The first kappa shape index (κ1) is 16.5. The molecular formula is C19H24N2S. The first-order valence-electron chi connectivity index (χ1n) is 7.73. The molecule has 2 nitrogen and oxygen atoms in total. The maximum absolute atomic E-state index is 5.41. The van der Waals surface area contributed by atoms with Crippen molar-refractivity contribution in [1.29, 1.82) is 0 Å². The third-order valence-corrected chi connectivity index (χ3v) is 3.94. The molecule has 0 saturated carbocycles. The van der Waals surface area contributed by atoms with E-state index in [-0.39, 0.29) is 0 Å². The van der Waals surface area contributed by atoms with Gasteiger partial charge in [0.1, 0.15) is 0 Å². The smallest absolute Gasteiger partial charge is 0.170 e. The molecule has 0 unspecified atom stereocenters. The molecule has 0 amide bonds. The molecule has 0 aromatic heterocycles. The fraction of sp³-hybridized carbons (Fsp3) is 0.316. The normalized spacial score (nSPS) is 11.8. The predicted octanol–water partition coefficient (Wildman–Crippen LogP) is 4.61. The summed E-state index contributed by atoms with van der Waals surface area (Å²) in [6.07, 6.45) is 2.11. The highest BCUT2D eigenvalue weighted by molar-refractivity contribution is 7.80. The van der Waals surface area contributed by atoms with Crippen LogP contribution in [0.3, 0.4) is 0 Å². The van der Waals surface area contributed by atoms with E-state index in [1.807, 2.05) is 6.07 Å². The molecule has 22 heavy (non-hydrogen) atoms. The summed E-state index contributed by atoms with van der Waals surface area (Å²) in [6, 6.07) is 17.2. The molecule has 0 aliphatic carbocycles. The monoisotopic (exact) mass is 312 g/mol. The second kappa shape index (κ2) is 7.95. The Morgan fingerprint density at radius 1 is 1.09 bits per heavy atom. The van der Waals surface area contributed by atoms with Crippen molar-refractivity contribution < 1.29 is 0 Å². The molecule has 0 bridgehead atoms. The Morgan fingerprint density at radius 3 is 2.50 bits per heavy atom. The van der Waals surface area contributed by atoms with Crippen molar-refractivity contribution in [3.63, 3.8) is 0 Å². The van der Waals surface area contributed by atoms with E-state index in [1.165, 1.54) is 16.7 Å². The van der Waals surface area contributed by atoms with E-state index in [0.717, 1.165) is 18.5 Å². The molecule has 2 aromatic rings. The molecular weight excluding hydrogens is 288 g/mol. The molecule has 0 saturated heterocycles. The number of hydrogen-bond donors (Lipinski definition) is 2. The Labute approximate surface area is 139 Å². The van der Waals surface area contributed by atoms with Crippen molar-refractivity contribution >= 4 is 23.0 Å². The number of thiocarbonyl (C=S) groups is 1. The van der Waals surface area contributed by atoms with Crippen molar-refractivity contribution in [2.75, 3.05) is 5.32 Å². The van der Waals surface area contributed by atoms with Gasteiger partial charge in [-0.25, -0.2) is 0 Å². The zero-order chi connectivity index (χ0) is 15.9. The average molecular weight is 312 g/mol. The number of anilines is 1. The van der Waals surface area contributed by atoms with E-state index < -0.39 is 0 Å². The van der Waals surface area contributed by atoms with E-state index in [1.54, 1.807) is 0 Å². The highest BCUT2D eigenvalue weighted by Gasteiger charge is 2.06. The summed E-state index contributed by atoms with van der Waals surface area (Å²) in [5, 5.41) is 7.34. The Kier molecular flexibility index (Phi) is 5.96. The zero-order valence-corrected chi connectivity index (χ0v) is 14.3. The molecule has 0 aliphatic rings. The molecule has 2 rings (SSSR count). The number of rotatable bonds is 5. The first-order chi connectivity index (χ1) is 10.5. The molecule has 3 heteroatoms. The summed E-state index contributed by atoms with van der Waals surface area (Å²) < 4.78 is 0. The fourth-order valence-electron chi connectivity index (χ4n) is 2.44. The largest absolute Gasteiger partial charge is 0.360 e. The topological polar surface area (TPSA) is 24.1 Å². The highest BCUT2D eigenvalue weighted by Crippen LogP contribution is 2.16. The molecule has 0 fully saturated rings. The Hall–Kier alpha value is -1.87. The van der Waals surface area contributed by atoms with Gasteiger partial charge in [-0.3, -0.25) is 0 Å². The van der Waals surface area contributed by atoms with Gasteiger partial charge < -0.3 is 10.6 Å². The van der Waals surface area contributed by atoms with Crippen LogP contribution >= 0.6 is 12.2 Å². The van der Waals surface area contributed by atoms with E-state index in [0.29, 0.717) is 11.2 Å². The lowest BCUT2D eigenvalue weighted by molar-refractivity contribution is 0.609. The Balaban J connectivity index is 1.81. The van der Waals surface area contributed by atoms with Gasteiger partial charge in [0.05, 0.1) is 0 Å². The van der Waals surface area contributed by atoms with Crippen molar-refractivity contribution in [1.82, 2.24) is 5.32 Å².